The molecule has 0 aliphatic rings. The monoisotopic (exact) mass is 454 g/mol. The first-order valence-electron chi connectivity index (χ1n) is 9.42. The Labute approximate surface area is 177 Å². The second kappa shape index (κ2) is 8.95. The third kappa shape index (κ3) is 5.74. The lowest BCUT2D eigenvalue weighted by Crippen LogP contribution is -2.17. The van der Waals surface area contributed by atoms with Gasteiger partial charge in [-0.3, -0.25) is 4.79 Å². The first-order valence-corrected chi connectivity index (χ1v) is 12.9. The van der Waals surface area contributed by atoms with E-state index in [0.29, 0.717) is 16.7 Å². The molecule has 0 radical (unpaired) electrons. The van der Waals surface area contributed by atoms with Gasteiger partial charge in [0.05, 0.1) is 16.2 Å². The van der Waals surface area contributed by atoms with Crippen molar-refractivity contribution >= 4 is 25.7 Å². The van der Waals surface area contributed by atoms with Crippen LogP contribution in [-0.4, -0.2) is 24.8 Å². The largest absolute Gasteiger partial charge is 0.272 e. The molecule has 0 saturated carbocycles. The Balaban J connectivity index is 2.51. The molecule has 1 unspecified atom stereocenters. The van der Waals surface area contributed by atoms with Crippen molar-refractivity contribution in [2.45, 2.75) is 55.7 Å². The van der Waals surface area contributed by atoms with Crippen molar-refractivity contribution in [2.75, 3.05) is 6.26 Å². The number of hydrogen-bond donors (Lipinski definition) is 1. The van der Waals surface area contributed by atoms with Crippen molar-refractivity contribution in [2.24, 2.45) is 9.50 Å². The number of hydrogen-bond acceptors (Lipinski definition) is 4. The van der Waals surface area contributed by atoms with Gasteiger partial charge in [0.1, 0.15) is 15.7 Å². The smallest absolute Gasteiger partial charge is 0.259 e. The van der Waals surface area contributed by atoms with E-state index in [9.17, 15) is 21.8 Å². The van der Waals surface area contributed by atoms with Crippen LogP contribution in [0.3, 0.4) is 0 Å². The number of amides is 1. The number of nitrogens with two attached hydrogens (primary N) is 1. The van der Waals surface area contributed by atoms with Gasteiger partial charge >= 0.3 is 0 Å². The van der Waals surface area contributed by atoms with E-state index < -0.39 is 25.7 Å². The molecule has 1 amide bonds. The van der Waals surface area contributed by atoms with Crippen LogP contribution in [0.1, 0.15) is 56.2 Å². The van der Waals surface area contributed by atoms with Crippen LogP contribution in [-0.2, 0) is 31.0 Å². The Morgan fingerprint density at radius 2 is 1.50 bits per heavy atom. The first kappa shape index (κ1) is 24.2. The summed E-state index contributed by atoms with van der Waals surface area (Å²) in [5.74, 6) is -1.16. The zero-order valence-electron chi connectivity index (χ0n) is 17.7. The van der Waals surface area contributed by atoms with Crippen LogP contribution in [0.2, 0.25) is 0 Å². The number of nitrogens with zero attached hydrogens (tertiary/aromatic N) is 1. The van der Waals surface area contributed by atoms with Crippen molar-refractivity contribution in [3.8, 4) is 0 Å². The van der Waals surface area contributed by atoms with E-state index in [4.69, 9.17) is 5.14 Å². The molecular formula is C21H27FN2O4S2. The molecule has 2 rings (SSSR count). The van der Waals surface area contributed by atoms with Gasteiger partial charge in [-0.05, 0) is 58.9 Å². The summed E-state index contributed by atoms with van der Waals surface area (Å²) in [6, 6.07) is 8.06. The van der Waals surface area contributed by atoms with E-state index in [2.05, 4.69) is 4.36 Å². The molecule has 0 aromatic heterocycles. The Kier molecular flexibility index (Phi) is 7.21. The summed E-state index contributed by atoms with van der Waals surface area (Å²) in [6.45, 7) is 7.58. The topological polar surface area (TPSA) is 107 Å². The number of benzene rings is 2. The molecule has 2 aromatic carbocycles. The zero-order chi connectivity index (χ0) is 22.9. The van der Waals surface area contributed by atoms with Gasteiger partial charge in [0.25, 0.3) is 5.91 Å². The molecule has 0 bridgehead atoms. The number of halogens is 1. The van der Waals surface area contributed by atoms with Gasteiger partial charge in [0.2, 0.25) is 0 Å². The van der Waals surface area contributed by atoms with Crippen LogP contribution in [0, 0.1) is 5.82 Å². The number of carbonyl (C=O) groups is 1. The molecule has 0 fully saturated rings. The lowest BCUT2D eigenvalue weighted by atomic mass is 9.87. The number of rotatable bonds is 6. The fourth-order valence-electron chi connectivity index (χ4n) is 3.19. The van der Waals surface area contributed by atoms with E-state index in [1.807, 2.05) is 27.7 Å². The Morgan fingerprint density at radius 1 is 1.00 bits per heavy atom. The zero-order valence-corrected chi connectivity index (χ0v) is 19.3. The van der Waals surface area contributed by atoms with E-state index in [-0.39, 0.29) is 33.9 Å². The van der Waals surface area contributed by atoms with Crippen LogP contribution in [0.15, 0.2) is 50.6 Å². The molecule has 0 aliphatic heterocycles. The highest BCUT2D eigenvalue weighted by atomic mass is 32.2. The average Bonchev–Trinajstić information content (AvgIpc) is 2.61. The van der Waals surface area contributed by atoms with Gasteiger partial charge in [-0.25, -0.2) is 22.2 Å². The van der Waals surface area contributed by atoms with Gasteiger partial charge in [-0.2, -0.15) is 0 Å². The van der Waals surface area contributed by atoms with Crippen LogP contribution < -0.4 is 5.14 Å². The maximum absolute atomic E-state index is 14.1. The molecule has 0 aliphatic carbocycles. The molecule has 9 heteroatoms. The molecule has 0 heterocycles. The molecule has 0 saturated heterocycles. The molecule has 2 N–H and O–H groups in total. The second-order valence-corrected chi connectivity index (χ2v) is 11.7. The maximum atomic E-state index is 14.1. The molecule has 0 spiro atoms. The predicted octanol–water partition coefficient (Wildman–Crippen LogP) is 3.95. The highest BCUT2D eigenvalue weighted by Gasteiger charge is 2.20. The predicted molar refractivity (Wildman–Crippen MR) is 116 cm³/mol. The van der Waals surface area contributed by atoms with Gasteiger partial charge in [0.15, 0.2) is 9.84 Å². The SMILES string of the molecule is CC(C)c1cc(F)cc(C(C)C)c1CC(=O)N=S(N)(=O)c1cccc(S(C)(=O)=O)c1. The van der Waals surface area contributed by atoms with Crippen molar-refractivity contribution < 1.29 is 21.8 Å². The maximum Gasteiger partial charge on any atom is 0.259 e. The first-order chi connectivity index (χ1) is 13.7. The van der Waals surface area contributed by atoms with Gasteiger partial charge in [-0.15, -0.1) is 4.36 Å². The van der Waals surface area contributed by atoms with Crippen molar-refractivity contribution in [3.63, 3.8) is 0 Å². The van der Waals surface area contributed by atoms with E-state index in [1.54, 1.807) is 0 Å². The standard InChI is InChI=1S/C21H27FN2O4S2/c1-13(2)18-9-15(22)10-19(14(3)4)20(18)12-21(25)24-30(23,28)17-8-6-7-16(11-17)29(5,26)27/h6-11,13-14H,12H2,1-5H3,(H2,23,24,25,28). The van der Waals surface area contributed by atoms with Gasteiger partial charge in [0, 0.05) is 6.26 Å². The molecule has 6 nitrogen and oxygen atoms in total. The Morgan fingerprint density at radius 3 is 1.97 bits per heavy atom. The average molecular weight is 455 g/mol. The molecule has 30 heavy (non-hydrogen) atoms. The minimum absolute atomic E-state index is 0.0327. The lowest BCUT2D eigenvalue weighted by Gasteiger charge is -2.19. The summed E-state index contributed by atoms with van der Waals surface area (Å²) in [4.78, 5) is 12.6. The molecule has 164 valence electrons. The summed E-state index contributed by atoms with van der Waals surface area (Å²) >= 11 is 0. The summed E-state index contributed by atoms with van der Waals surface area (Å²) in [5, 5.41) is 5.81. The van der Waals surface area contributed by atoms with Gasteiger partial charge < -0.3 is 0 Å². The minimum atomic E-state index is -3.65. The van der Waals surface area contributed by atoms with Crippen LogP contribution in [0.5, 0.6) is 0 Å². The number of carbonyl (C=O) groups excluding carboxylic acids is 1. The third-order valence-electron chi connectivity index (χ3n) is 4.66. The fraction of sp³-hybridized carbons (Fsp3) is 0.381. The number of sulfone groups is 1. The van der Waals surface area contributed by atoms with E-state index >= 15 is 0 Å². The lowest BCUT2D eigenvalue weighted by molar-refractivity contribution is -0.117. The third-order valence-corrected chi connectivity index (χ3v) is 7.18. The van der Waals surface area contributed by atoms with Gasteiger partial charge in [-0.1, -0.05) is 33.8 Å². The summed E-state index contributed by atoms with van der Waals surface area (Å²) in [5.41, 5.74) is 2.02. The van der Waals surface area contributed by atoms with Crippen LogP contribution >= 0.6 is 0 Å². The molecule has 1 atom stereocenters. The van der Waals surface area contributed by atoms with Crippen LogP contribution in [0.25, 0.3) is 0 Å². The van der Waals surface area contributed by atoms with E-state index in [0.717, 1.165) is 12.3 Å². The van der Waals surface area contributed by atoms with Crippen molar-refractivity contribution in [1.82, 2.24) is 0 Å². The molecular weight excluding hydrogens is 427 g/mol. The quantitative estimate of drug-likeness (QED) is 0.713. The highest BCUT2D eigenvalue weighted by Crippen LogP contribution is 2.30. The van der Waals surface area contributed by atoms with Crippen molar-refractivity contribution in [3.05, 3.63) is 58.9 Å². The fourth-order valence-corrected chi connectivity index (χ4v) is 4.97. The van der Waals surface area contributed by atoms with Crippen LogP contribution in [0.4, 0.5) is 4.39 Å². The normalized spacial score (nSPS) is 14.0. The van der Waals surface area contributed by atoms with Crippen molar-refractivity contribution in [1.29, 1.82) is 0 Å². The molecule has 2 aromatic rings. The Bertz CT molecular complexity index is 1170. The summed E-state index contributed by atoms with van der Waals surface area (Å²) in [7, 11) is -7.19. The Hall–Kier alpha value is -2.10. The highest BCUT2D eigenvalue weighted by molar-refractivity contribution is 7.92. The van der Waals surface area contributed by atoms with E-state index in [1.165, 1.54) is 30.3 Å². The summed E-state index contributed by atoms with van der Waals surface area (Å²) in [6.07, 6.45) is 0.837. The summed E-state index contributed by atoms with van der Waals surface area (Å²) < 4.78 is 54.2. The minimum Gasteiger partial charge on any atom is -0.272 e. The second-order valence-electron chi connectivity index (χ2n) is 7.85.